The standard InChI is InChI=1S/C17H22N4O3/c1-12-14(16(22)23-4)5-6-15(19-12)21-7-8-24-17(2,11-21)13-9-18-20(3)10-13/h5-6,9-10H,7-8,11H2,1-4H3. The largest absolute Gasteiger partial charge is 0.465 e. The van der Waals surface area contributed by atoms with Gasteiger partial charge in [-0.3, -0.25) is 4.68 Å². The van der Waals surface area contributed by atoms with Crippen LogP contribution in [0.1, 0.15) is 28.5 Å². The molecule has 2 aromatic heterocycles. The van der Waals surface area contributed by atoms with Gasteiger partial charge in [-0.05, 0) is 26.0 Å². The first-order valence-corrected chi connectivity index (χ1v) is 7.87. The molecule has 1 aliphatic heterocycles. The van der Waals surface area contributed by atoms with E-state index in [1.54, 1.807) is 10.7 Å². The average Bonchev–Trinajstić information content (AvgIpc) is 3.01. The first-order valence-electron chi connectivity index (χ1n) is 7.87. The molecular weight excluding hydrogens is 308 g/mol. The van der Waals surface area contributed by atoms with Gasteiger partial charge in [-0.25, -0.2) is 9.78 Å². The Morgan fingerprint density at radius 3 is 2.83 bits per heavy atom. The minimum atomic E-state index is -0.441. The van der Waals surface area contributed by atoms with E-state index in [9.17, 15) is 4.79 Å². The van der Waals surface area contributed by atoms with Crippen molar-refractivity contribution in [1.82, 2.24) is 14.8 Å². The Labute approximate surface area is 141 Å². The predicted octanol–water partition coefficient (Wildman–Crippen LogP) is 1.66. The molecule has 1 fully saturated rings. The lowest BCUT2D eigenvalue weighted by Gasteiger charge is -2.40. The van der Waals surface area contributed by atoms with Gasteiger partial charge >= 0.3 is 5.97 Å². The number of nitrogens with zero attached hydrogens (tertiary/aromatic N) is 4. The molecule has 7 nitrogen and oxygen atoms in total. The van der Waals surface area contributed by atoms with Crippen LogP contribution < -0.4 is 4.90 Å². The van der Waals surface area contributed by atoms with E-state index in [2.05, 4.69) is 21.9 Å². The van der Waals surface area contributed by atoms with Crippen molar-refractivity contribution in [2.75, 3.05) is 31.7 Å². The Kier molecular flexibility index (Phi) is 4.28. The van der Waals surface area contributed by atoms with Crippen molar-refractivity contribution < 1.29 is 14.3 Å². The van der Waals surface area contributed by atoms with Gasteiger partial charge < -0.3 is 14.4 Å². The molecule has 7 heteroatoms. The van der Waals surface area contributed by atoms with E-state index in [1.165, 1.54) is 7.11 Å². The Morgan fingerprint density at radius 2 is 2.21 bits per heavy atom. The Balaban J connectivity index is 1.85. The summed E-state index contributed by atoms with van der Waals surface area (Å²) >= 11 is 0. The molecule has 1 aliphatic rings. The summed E-state index contributed by atoms with van der Waals surface area (Å²) in [5.41, 5.74) is 1.75. The summed E-state index contributed by atoms with van der Waals surface area (Å²) in [7, 11) is 3.26. The minimum Gasteiger partial charge on any atom is -0.465 e. The first-order chi connectivity index (χ1) is 11.4. The third-order valence-electron chi connectivity index (χ3n) is 4.39. The zero-order valence-corrected chi connectivity index (χ0v) is 14.4. The van der Waals surface area contributed by atoms with Crippen LogP contribution >= 0.6 is 0 Å². The highest BCUT2D eigenvalue weighted by atomic mass is 16.5. The minimum absolute atomic E-state index is 0.367. The molecule has 0 radical (unpaired) electrons. The number of carbonyl (C=O) groups is 1. The van der Waals surface area contributed by atoms with E-state index in [-0.39, 0.29) is 5.97 Å². The highest BCUT2D eigenvalue weighted by Gasteiger charge is 2.35. The fourth-order valence-corrected chi connectivity index (χ4v) is 2.98. The van der Waals surface area contributed by atoms with Gasteiger partial charge in [-0.2, -0.15) is 5.10 Å². The number of esters is 1. The molecule has 2 aromatic rings. The van der Waals surface area contributed by atoms with Crippen molar-refractivity contribution in [2.45, 2.75) is 19.4 Å². The van der Waals surface area contributed by atoms with E-state index in [0.29, 0.717) is 24.4 Å². The maximum atomic E-state index is 11.7. The van der Waals surface area contributed by atoms with Crippen LogP contribution in [0, 0.1) is 6.92 Å². The van der Waals surface area contributed by atoms with Crippen LogP contribution in [0.5, 0.6) is 0 Å². The third kappa shape index (κ3) is 2.99. The normalized spacial score (nSPS) is 20.9. The fraction of sp³-hybridized carbons (Fsp3) is 0.471. The van der Waals surface area contributed by atoms with Gasteiger partial charge in [-0.15, -0.1) is 0 Å². The molecule has 1 unspecified atom stereocenters. The van der Waals surface area contributed by atoms with Crippen molar-refractivity contribution in [3.05, 3.63) is 41.3 Å². The molecule has 0 bridgehead atoms. The third-order valence-corrected chi connectivity index (χ3v) is 4.39. The molecule has 3 heterocycles. The number of aromatic nitrogens is 3. The smallest absolute Gasteiger partial charge is 0.339 e. The second-order valence-electron chi connectivity index (χ2n) is 6.20. The SMILES string of the molecule is COC(=O)c1ccc(N2CCOC(C)(c3cnn(C)c3)C2)nc1C. The van der Waals surface area contributed by atoms with Gasteiger partial charge in [0.2, 0.25) is 0 Å². The molecule has 1 atom stereocenters. The lowest BCUT2D eigenvalue weighted by molar-refractivity contribution is -0.0468. The summed E-state index contributed by atoms with van der Waals surface area (Å²) in [4.78, 5) is 18.5. The predicted molar refractivity (Wildman–Crippen MR) is 89.0 cm³/mol. The zero-order valence-electron chi connectivity index (χ0n) is 14.4. The van der Waals surface area contributed by atoms with E-state index in [4.69, 9.17) is 9.47 Å². The number of ether oxygens (including phenoxy) is 2. The number of anilines is 1. The average molecular weight is 330 g/mol. The summed E-state index contributed by atoms with van der Waals surface area (Å²) in [5, 5.41) is 4.24. The fourth-order valence-electron chi connectivity index (χ4n) is 2.98. The van der Waals surface area contributed by atoms with Crippen LogP contribution in [0.25, 0.3) is 0 Å². The van der Waals surface area contributed by atoms with Crippen LogP contribution in [0.2, 0.25) is 0 Å². The highest BCUT2D eigenvalue weighted by Crippen LogP contribution is 2.31. The topological polar surface area (TPSA) is 69.5 Å². The Bertz CT molecular complexity index is 758. The van der Waals surface area contributed by atoms with E-state index in [1.807, 2.05) is 32.4 Å². The van der Waals surface area contributed by atoms with E-state index < -0.39 is 5.60 Å². The summed E-state index contributed by atoms with van der Waals surface area (Å²) < 4.78 is 12.6. The summed E-state index contributed by atoms with van der Waals surface area (Å²) in [5.74, 6) is 0.465. The molecule has 0 spiro atoms. The molecule has 0 aliphatic carbocycles. The van der Waals surface area contributed by atoms with Gasteiger partial charge in [-0.1, -0.05) is 0 Å². The lowest BCUT2D eigenvalue weighted by Crippen LogP contribution is -2.48. The Hall–Kier alpha value is -2.41. The second-order valence-corrected chi connectivity index (χ2v) is 6.20. The maximum Gasteiger partial charge on any atom is 0.339 e. The van der Waals surface area contributed by atoms with Crippen molar-refractivity contribution in [2.24, 2.45) is 7.05 Å². The highest BCUT2D eigenvalue weighted by molar-refractivity contribution is 5.90. The summed E-state index contributed by atoms with van der Waals surface area (Å²) in [6.45, 7) is 5.90. The molecule has 0 aromatic carbocycles. The van der Waals surface area contributed by atoms with Crippen LogP contribution in [0.3, 0.4) is 0 Å². The molecule has 1 saturated heterocycles. The molecule has 3 rings (SSSR count). The summed E-state index contributed by atoms with van der Waals surface area (Å²) in [6, 6.07) is 3.62. The molecule has 0 saturated carbocycles. The molecule has 24 heavy (non-hydrogen) atoms. The quantitative estimate of drug-likeness (QED) is 0.797. The summed E-state index contributed by atoms with van der Waals surface area (Å²) in [6.07, 6.45) is 3.81. The molecule has 0 N–H and O–H groups in total. The van der Waals surface area contributed by atoms with Gasteiger partial charge in [0.25, 0.3) is 0 Å². The number of pyridine rings is 1. The van der Waals surface area contributed by atoms with Crippen molar-refractivity contribution >= 4 is 11.8 Å². The van der Waals surface area contributed by atoms with Crippen LogP contribution in [0.15, 0.2) is 24.5 Å². The van der Waals surface area contributed by atoms with Gasteiger partial charge in [0, 0.05) is 25.4 Å². The van der Waals surface area contributed by atoms with Gasteiger partial charge in [0.15, 0.2) is 0 Å². The molecule has 128 valence electrons. The number of rotatable bonds is 3. The van der Waals surface area contributed by atoms with Crippen molar-refractivity contribution in [3.63, 3.8) is 0 Å². The zero-order chi connectivity index (χ0) is 17.3. The van der Waals surface area contributed by atoms with Crippen LogP contribution in [0.4, 0.5) is 5.82 Å². The number of methoxy groups -OCH3 is 1. The number of aryl methyl sites for hydroxylation is 2. The maximum absolute atomic E-state index is 11.7. The van der Waals surface area contributed by atoms with Crippen LogP contribution in [-0.4, -0.2) is 47.5 Å². The number of carbonyl (C=O) groups excluding carboxylic acids is 1. The van der Waals surface area contributed by atoms with E-state index in [0.717, 1.165) is 17.9 Å². The monoisotopic (exact) mass is 330 g/mol. The lowest BCUT2D eigenvalue weighted by atomic mass is 9.97. The van der Waals surface area contributed by atoms with Gasteiger partial charge in [0.05, 0.1) is 37.7 Å². The number of hydrogen-bond donors (Lipinski definition) is 0. The van der Waals surface area contributed by atoms with Gasteiger partial charge in [0.1, 0.15) is 11.4 Å². The van der Waals surface area contributed by atoms with E-state index >= 15 is 0 Å². The molecule has 0 amide bonds. The Morgan fingerprint density at radius 1 is 1.42 bits per heavy atom. The molecular formula is C17H22N4O3. The second kappa shape index (κ2) is 6.24. The number of hydrogen-bond acceptors (Lipinski definition) is 6. The van der Waals surface area contributed by atoms with Crippen molar-refractivity contribution in [1.29, 1.82) is 0 Å². The number of morpholine rings is 1. The van der Waals surface area contributed by atoms with Crippen LogP contribution in [-0.2, 0) is 22.1 Å². The first kappa shape index (κ1) is 16.4. The van der Waals surface area contributed by atoms with Crippen molar-refractivity contribution in [3.8, 4) is 0 Å².